The molecular weight excluding hydrogens is 206 g/mol. The molecule has 84 valence electrons. The van der Waals surface area contributed by atoms with Crippen LogP contribution < -0.4 is 0 Å². The summed E-state index contributed by atoms with van der Waals surface area (Å²) in [5.74, 6) is 0.351. The molecular formula is C11H13N3O2. The minimum atomic E-state index is -0.929. The van der Waals surface area contributed by atoms with Gasteiger partial charge in [0.15, 0.2) is 0 Å². The summed E-state index contributed by atoms with van der Waals surface area (Å²) < 4.78 is 0. The topological polar surface area (TPSA) is 66.3 Å². The smallest absolute Gasteiger partial charge is 0.411 e. The van der Waals surface area contributed by atoms with Gasteiger partial charge in [0.05, 0.1) is 5.70 Å². The number of allylic oxidation sites excluding steroid dienone is 1. The van der Waals surface area contributed by atoms with Crippen molar-refractivity contribution >= 4 is 11.8 Å². The first-order valence-corrected chi connectivity index (χ1v) is 5.14. The average molecular weight is 219 g/mol. The van der Waals surface area contributed by atoms with E-state index in [1.807, 2.05) is 13.0 Å². The van der Waals surface area contributed by atoms with Crippen LogP contribution in [0.4, 0.5) is 4.79 Å². The van der Waals surface area contributed by atoms with E-state index >= 15 is 0 Å². The first-order chi connectivity index (χ1) is 7.68. The summed E-state index contributed by atoms with van der Waals surface area (Å²) in [6.45, 7) is 2.56. The zero-order chi connectivity index (χ0) is 11.5. The summed E-state index contributed by atoms with van der Waals surface area (Å²) in [6, 6.07) is 0. The van der Waals surface area contributed by atoms with E-state index in [1.54, 1.807) is 12.4 Å². The van der Waals surface area contributed by atoms with Gasteiger partial charge in [-0.3, -0.25) is 4.90 Å². The molecule has 0 saturated carbocycles. The van der Waals surface area contributed by atoms with Gasteiger partial charge >= 0.3 is 6.09 Å². The van der Waals surface area contributed by atoms with Gasteiger partial charge in [-0.2, -0.15) is 0 Å². The van der Waals surface area contributed by atoms with Crippen molar-refractivity contribution in [1.29, 1.82) is 0 Å². The van der Waals surface area contributed by atoms with Crippen LogP contribution in [0.1, 0.15) is 18.9 Å². The van der Waals surface area contributed by atoms with Crippen LogP contribution in [0.25, 0.3) is 5.70 Å². The fourth-order valence-electron chi connectivity index (χ4n) is 1.79. The van der Waals surface area contributed by atoms with Crippen LogP contribution >= 0.6 is 0 Å². The maximum Gasteiger partial charge on any atom is 0.411 e. The van der Waals surface area contributed by atoms with Gasteiger partial charge in [-0.15, -0.1) is 0 Å². The van der Waals surface area contributed by atoms with E-state index < -0.39 is 6.09 Å². The summed E-state index contributed by atoms with van der Waals surface area (Å²) in [5.41, 5.74) is 1.43. The molecule has 2 rings (SSSR count). The predicted molar refractivity (Wildman–Crippen MR) is 58.5 cm³/mol. The maximum absolute atomic E-state index is 11.1. The highest BCUT2D eigenvalue weighted by atomic mass is 16.4. The number of aromatic nitrogens is 2. The largest absolute Gasteiger partial charge is 0.465 e. The predicted octanol–water partition coefficient (Wildman–Crippen LogP) is 1.84. The Morgan fingerprint density at radius 3 is 2.81 bits per heavy atom. The Hall–Kier alpha value is -1.91. The van der Waals surface area contributed by atoms with Gasteiger partial charge < -0.3 is 5.11 Å². The van der Waals surface area contributed by atoms with Gasteiger partial charge in [0.1, 0.15) is 6.33 Å². The molecule has 1 N–H and O–H groups in total. The molecule has 5 nitrogen and oxygen atoms in total. The second-order valence-corrected chi connectivity index (χ2v) is 3.95. The number of hydrogen-bond donors (Lipinski definition) is 1. The van der Waals surface area contributed by atoms with E-state index in [1.165, 1.54) is 11.2 Å². The first kappa shape index (κ1) is 10.6. The summed E-state index contributed by atoms with van der Waals surface area (Å²) in [7, 11) is 0. The summed E-state index contributed by atoms with van der Waals surface area (Å²) in [6.07, 6.45) is 6.58. The van der Waals surface area contributed by atoms with Gasteiger partial charge in [0.2, 0.25) is 0 Å². The van der Waals surface area contributed by atoms with Gasteiger partial charge in [-0.05, 0) is 12.3 Å². The second kappa shape index (κ2) is 4.30. The van der Waals surface area contributed by atoms with Crippen molar-refractivity contribution in [3.8, 4) is 0 Å². The standard InChI is InChI=1S/C11H13N3O2/c1-8-2-3-10(14(6-8)11(15)16)9-4-12-7-13-5-9/h3-5,7-8H,2,6H2,1H3,(H,15,16). The molecule has 0 bridgehead atoms. The fourth-order valence-corrected chi connectivity index (χ4v) is 1.79. The Bertz CT molecular complexity index is 416. The van der Waals surface area contributed by atoms with Gasteiger partial charge in [-0.1, -0.05) is 13.0 Å². The summed E-state index contributed by atoms with van der Waals surface area (Å²) in [4.78, 5) is 20.3. The molecule has 0 fully saturated rings. The van der Waals surface area contributed by atoms with Gasteiger partial charge in [0, 0.05) is 24.5 Å². The number of rotatable bonds is 1. The maximum atomic E-state index is 11.1. The van der Waals surface area contributed by atoms with Crippen molar-refractivity contribution in [1.82, 2.24) is 14.9 Å². The third-order valence-corrected chi connectivity index (χ3v) is 2.59. The molecule has 1 aromatic rings. The molecule has 0 spiro atoms. The van der Waals surface area contributed by atoms with E-state index in [0.717, 1.165) is 12.0 Å². The quantitative estimate of drug-likeness (QED) is 0.782. The molecule has 1 aliphatic heterocycles. The van der Waals surface area contributed by atoms with Crippen LogP contribution in [0.3, 0.4) is 0 Å². The lowest BCUT2D eigenvalue weighted by Crippen LogP contribution is -2.34. The zero-order valence-corrected chi connectivity index (χ0v) is 9.00. The summed E-state index contributed by atoms with van der Waals surface area (Å²) >= 11 is 0. The lowest BCUT2D eigenvalue weighted by atomic mass is 10.00. The lowest BCUT2D eigenvalue weighted by Gasteiger charge is -2.29. The van der Waals surface area contributed by atoms with E-state index in [4.69, 9.17) is 5.11 Å². The van der Waals surface area contributed by atoms with Crippen molar-refractivity contribution in [3.05, 3.63) is 30.4 Å². The third-order valence-electron chi connectivity index (χ3n) is 2.59. The Labute approximate surface area is 93.4 Å². The molecule has 0 saturated heterocycles. The van der Waals surface area contributed by atoms with E-state index in [2.05, 4.69) is 9.97 Å². The minimum absolute atomic E-state index is 0.351. The Morgan fingerprint density at radius 2 is 2.19 bits per heavy atom. The minimum Gasteiger partial charge on any atom is -0.465 e. The van der Waals surface area contributed by atoms with Gasteiger partial charge in [-0.25, -0.2) is 14.8 Å². The number of carbonyl (C=O) groups is 1. The molecule has 1 aliphatic rings. The van der Waals surface area contributed by atoms with Crippen molar-refractivity contribution in [3.63, 3.8) is 0 Å². The molecule has 5 heteroatoms. The average Bonchev–Trinajstić information content (AvgIpc) is 2.30. The Balaban J connectivity index is 2.35. The highest BCUT2D eigenvalue weighted by Gasteiger charge is 2.24. The van der Waals surface area contributed by atoms with E-state index in [9.17, 15) is 4.79 Å². The second-order valence-electron chi connectivity index (χ2n) is 3.95. The highest BCUT2D eigenvalue weighted by molar-refractivity contribution is 5.81. The van der Waals surface area contributed by atoms with Crippen LogP contribution in [0.2, 0.25) is 0 Å². The highest BCUT2D eigenvalue weighted by Crippen LogP contribution is 2.26. The van der Waals surface area contributed by atoms with E-state index in [0.29, 0.717) is 18.2 Å². The van der Waals surface area contributed by atoms with Gasteiger partial charge in [0.25, 0.3) is 0 Å². The molecule has 2 heterocycles. The number of amides is 1. The number of carboxylic acid groups (broad SMARTS) is 1. The molecule has 0 aromatic carbocycles. The first-order valence-electron chi connectivity index (χ1n) is 5.14. The number of hydrogen-bond acceptors (Lipinski definition) is 3. The molecule has 1 unspecified atom stereocenters. The van der Waals surface area contributed by atoms with E-state index in [-0.39, 0.29) is 0 Å². The van der Waals surface area contributed by atoms with Crippen LogP contribution in [-0.2, 0) is 0 Å². The van der Waals surface area contributed by atoms with Crippen molar-refractivity contribution in [2.24, 2.45) is 5.92 Å². The fraction of sp³-hybridized carbons (Fsp3) is 0.364. The lowest BCUT2D eigenvalue weighted by molar-refractivity contribution is 0.159. The molecule has 16 heavy (non-hydrogen) atoms. The SMILES string of the molecule is CC1CC=C(c2cncnc2)N(C(=O)O)C1. The van der Waals surface area contributed by atoms with Crippen LogP contribution in [0.5, 0.6) is 0 Å². The van der Waals surface area contributed by atoms with Crippen LogP contribution in [-0.4, -0.2) is 32.6 Å². The Kier molecular flexibility index (Phi) is 2.85. The van der Waals surface area contributed by atoms with Crippen LogP contribution in [0, 0.1) is 5.92 Å². The zero-order valence-electron chi connectivity index (χ0n) is 9.00. The monoisotopic (exact) mass is 219 g/mol. The third kappa shape index (κ3) is 2.03. The molecule has 1 atom stereocenters. The normalized spacial score (nSPS) is 20.4. The van der Waals surface area contributed by atoms with Crippen molar-refractivity contribution < 1.29 is 9.90 Å². The van der Waals surface area contributed by atoms with Crippen LogP contribution in [0.15, 0.2) is 24.8 Å². The summed E-state index contributed by atoms with van der Waals surface area (Å²) in [5, 5.41) is 9.13. The molecule has 1 aromatic heterocycles. The molecule has 0 aliphatic carbocycles. The molecule has 0 radical (unpaired) electrons. The number of nitrogens with zero attached hydrogens (tertiary/aromatic N) is 3. The van der Waals surface area contributed by atoms with Crippen molar-refractivity contribution in [2.75, 3.05) is 6.54 Å². The Morgan fingerprint density at radius 1 is 1.50 bits per heavy atom. The molecule has 1 amide bonds. The van der Waals surface area contributed by atoms with Crippen molar-refractivity contribution in [2.45, 2.75) is 13.3 Å².